The van der Waals surface area contributed by atoms with Crippen molar-refractivity contribution in [3.63, 3.8) is 0 Å². The number of amides is 1. The van der Waals surface area contributed by atoms with Crippen molar-refractivity contribution in [2.45, 2.75) is 31.7 Å². The van der Waals surface area contributed by atoms with E-state index in [1.54, 1.807) is 11.9 Å². The maximum Gasteiger partial charge on any atom is 0.328 e. The molecule has 4 nitrogen and oxygen atoms in total. The molecule has 0 heterocycles. The summed E-state index contributed by atoms with van der Waals surface area (Å²) < 4.78 is 4.94. The van der Waals surface area contributed by atoms with E-state index in [2.05, 4.69) is 24.3 Å². The van der Waals surface area contributed by atoms with E-state index in [1.165, 1.54) is 7.11 Å². The minimum Gasteiger partial charge on any atom is -0.467 e. The topological polar surface area (TPSA) is 46.6 Å². The van der Waals surface area contributed by atoms with E-state index in [-0.39, 0.29) is 35.5 Å². The Balaban J connectivity index is 1.90. The molecule has 4 heteroatoms. The zero-order valence-corrected chi connectivity index (χ0v) is 16.3. The Morgan fingerprint density at radius 2 is 1.33 bits per heavy atom. The molecular weight excluding hydrogens is 338 g/mol. The molecule has 1 saturated carbocycles. The van der Waals surface area contributed by atoms with E-state index in [1.807, 2.05) is 50.2 Å². The summed E-state index contributed by atoms with van der Waals surface area (Å²) in [5, 5.41) is 0. The fourth-order valence-corrected chi connectivity index (χ4v) is 4.17. The maximum atomic E-state index is 13.4. The number of ether oxygens (including phenoxy) is 1. The van der Waals surface area contributed by atoms with Gasteiger partial charge in [0.2, 0.25) is 5.91 Å². The van der Waals surface area contributed by atoms with Gasteiger partial charge in [0.1, 0.15) is 6.04 Å². The lowest BCUT2D eigenvalue weighted by molar-refractivity contribution is -0.154. The van der Waals surface area contributed by atoms with Crippen LogP contribution in [0.3, 0.4) is 0 Å². The van der Waals surface area contributed by atoms with E-state index in [9.17, 15) is 9.59 Å². The first-order valence-electron chi connectivity index (χ1n) is 9.41. The van der Waals surface area contributed by atoms with Crippen molar-refractivity contribution < 1.29 is 14.3 Å². The number of carbonyl (C=O) groups excluding carboxylic acids is 2. The Kier molecular flexibility index (Phi) is 5.64. The van der Waals surface area contributed by atoms with E-state index >= 15 is 0 Å². The first-order chi connectivity index (χ1) is 13.0. The van der Waals surface area contributed by atoms with Gasteiger partial charge < -0.3 is 9.64 Å². The average Bonchev–Trinajstić information content (AvgIpc) is 3.44. The number of esters is 1. The van der Waals surface area contributed by atoms with Gasteiger partial charge >= 0.3 is 5.97 Å². The lowest BCUT2D eigenvalue weighted by Crippen LogP contribution is -2.47. The predicted octanol–water partition coefficient (Wildman–Crippen LogP) is 3.84. The molecule has 27 heavy (non-hydrogen) atoms. The molecule has 1 amide bonds. The first-order valence-corrected chi connectivity index (χ1v) is 9.41. The van der Waals surface area contributed by atoms with Crippen LogP contribution in [0.5, 0.6) is 0 Å². The van der Waals surface area contributed by atoms with E-state index in [0.29, 0.717) is 0 Å². The molecule has 0 aromatic heterocycles. The number of nitrogens with zero attached hydrogens (tertiary/aromatic N) is 1. The Hall–Kier alpha value is -2.62. The minimum absolute atomic E-state index is 0.00167. The van der Waals surface area contributed by atoms with Gasteiger partial charge in [-0.05, 0) is 17.0 Å². The predicted molar refractivity (Wildman–Crippen MR) is 105 cm³/mol. The van der Waals surface area contributed by atoms with Crippen molar-refractivity contribution in [2.24, 2.45) is 11.8 Å². The molecule has 2 aromatic rings. The average molecular weight is 365 g/mol. The fraction of sp³-hybridized carbons (Fsp3) is 0.391. The second kappa shape index (κ2) is 7.95. The zero-order valence-electron chi connectivity index (χ0n) is 16.3. The van der Waals surface area contributed by atoms with E-state index in [4.69, 9.17) is 4.74 Å². The molecule has 1 unspecified atom stereocenters. The number of likely N-dealkylation sites (N-methyl/N-ethyl adjacent to an activating group) is 1. The molecule has 0 saturated heterocycles. The smallest absolute Gasteiger partial charge is 0.328 e. The Morgan fingerprint density at radius 3 is 1.70 bits per heavy atom. The fourth-order valence-electron chi connectivity index (χ4n) is 4.17. The Labute approximate surface area is 161 Å². The summed E-state index contributed by atoms with van der Waals surface area (Å²) in [5.41, 5.74) is 2.33. The van der Waals surface area contributed by atoms with Crippen molar-refractivity contribution in [3.8, 4) is 0 Å². The van der Waals surface area contributed by atoms with Gasteiger partial charge in [-0.25, -0.2) is 4.79 Å². The number of benzene rings is 2. The number of carbonyl (C=O) groups is 2. The number of hydrogen-bond donors (Lipinski definition) is 0. The Bertz CT molecular complexity index is 742. The highest BCUT2D eigenvalue weighted by Crippen LogP contribution is 2.61. The van der Waals surface area contributed by atoms with Gasteiger partial charge in [0.15, 0.2) is 0 Å². The second-order valence-corrected chi connectivity index (χ2v) is 7.56. The number of methoxy groups -OCH3 is 1. The summed E-state index contributed by atoms with van der Waals surface area (Å²) in [7, 11) is 3.08. The van der Waals surface area contributed by atoms with Crippen LogP contribution in [0.2, 0.25) is 0 Å². The summed E-state index contributed by atoms with van der Waals surface area (Å²) in [6.07, 6.45) is 0. The van der Waals surface area contributed by atoms with Crippen molar-refractivity contribution in [1.29, 1.82) is 0 Å². The molecule has 0 N–H and O–H groups in total. The highest BCUT2D eigenvalue weighted by atomic mass is 16.5. The van der Waals surface area contributed by atoms with Gasteiger partial charge in [-0.3, -0.25) is 4.79 Å². The van der Waals surface area contributed by atoms with Crippen molar-refractivity contribution in [1.82, 2.24) is 4.90 Å². The van der Waals surface area contributed by atoms with Crippen LogP contribution in [0.1, 0.15) is 36.8 Å². The van der Waals surface area contributed by atoms with Crippen LogP contribution >= 0.6 is 0 Å². The molecule has 0 bridgehead atoms. The van der Waals surface area contributed by atoms with Crippen LogP contribution in [0.25, 0.3) is 0 Å². The number of rotatable bonds is 6. The summed E-state index contributed by atoms with van der Waals surface area (Å²) in [6.45, 7) is 3.86. The number of hydrogen-bond acceptors (Lipinski definition) is 3. The van der Waals surface area contributed by atoms with Gasteiger partial charge in [0.25, 0.3) is 0 Å². The summed E-state index contributed by atoms with van der Waals surface area (Å²) in [6, 6.07) is 19.7. The van der Waals surface area contributed by atoms with Crippen LogP contribution in [0, 0.1) is 11.8 Å². The second-order valence-electron chi connectivity index (χ2n) is 7.56. The lowest BCUT2D eigenvalue weighted by Gasteiger charge is -2.29. The molecule has 1 aliphatic carbocycles. The molecule has 0 spiro atoms. The molecular formula is C23H27NO3. The van der Waals surface area contributed by atoms with Crippen LogP contribution in [-0.2, 0) is 14.3 Å². The summed E-state index contributed by atoms with van der Waals surface area (Å²) >= 11 is 0. The molecule has 0 radical (unpaired) electrons. The van der Waals surface area contributed by atoms with Crippen LogP contribution in [0.4, 0.5) is 0 Å². The van der Waals surface area contributed by atoms with Crippen molar-refractivity contribution >= 4 is 11.9 Å². The van der Waals surface area contributed by atoms with E-state index < -0.39 is 6.04 Å². The van der Waals surface area contributed by atoms with Crippen LogP contribution in [0.15, 0.2) is 60.7 Å². The molecule has 142 valence electrons. The SMILES string of the molecule is COC(=O)[C@H](C(C)C)N(C)C(=O)C1[C@@H](c2ccccc2)[C@H]1c1ccccc1. The van der Waals surface area contributed by atoms with Gasteiger partial charge in [0, 0.05) is 18.9 Å². The van der Waals surface area contributed by atoms with Crippen molar-refractivity contribution in [3.05, 3.63) is 71.8 Å². The quantitative estimate of drug-likeness (QED) is 0.731. The summed E-state index contributed by atoms with van der Waals surface area (Å²) in [4.78, 5) is 27.2. The van der Waals surface area contributed by atoms with Gasteiger partial charge in [-0.1, -0.05) is 74.5 Å². The van der Waals surface area contributed by atoms with Crippen LogP contribution in [-0.4, -0.2) is 37.0 Å². The standard InChI is InChI=1S/C23H27NO3/c1-15(2)21(23(26)27-4)24(3)22(25)20-18(16-11-7-5-8-12-16)19(20)17-13-9-6-10-14-17/h5-15,18-21H,1-4H3/t18-,19+,20?,21-/m0/s1. The third-order valence-corrected chi connectivity index (χ3v) is 5.51. The highest BCUT2D eigenvalue weighted by molar-refractivity contribution is 5.89. The molecule has 0 aliphatic heterocycles. The van der Waals surface area contributed by atoms with Gasteiger partial charge in [-0.2, -0.15) is 0 Å². The Morgan fingerprint density at radius 1 is 0.889 bits per heavy atom. The lowest BCUT2D eigenvalue weighted by atomic mass is 10.0. The van der Waals surface area contributed by atoms with Gasteiger partial charge in [-0.15, -0.1) is 0 Å². The normalized spacial score (nSPS) is 22.2. The van der Waals surface area contributed by atoms with Crippen molar-refractivity contribution in [2.75, 3.05) is 14.2 Å². The zero-order chi connectivity index (χ0) is 19.6. The van der Waals surface area contributed by atoms with Crippen LogP contribution < -0.4 is 0 Å². The monoisotopic (exact) mass is 365 g/mol. The molecule has 1 fully saturated rings. The third-order valence-electron chi connectivity index (χ3n) is 5.51. The first kappa shape index (κ1) is 19.2. The minimum atomic E-state index is -0.573. The molecule has 4 atom stereocenters. The largest absolute Gasteiger partial charge is 0.467 e. The van der Waals surface area contributed by atoms with Gasteiger partial charge in [0.05, 0.1) is 13.0 Å². The third kappa shape index (κ3) is 3.75. The van der Waals surface area contributed by atoms with E-state index in [0.717, 1.165) is 11.1 Å². The summed E-state index contributed by atoms with van der Waals surface area (Å²) in [5.74, 6) is -0.278. The molecule has 1 aliphatic rings. The molecule has 2 aromatic carbocycles. The maximum absolute atomic E-state index is 13.4. The molecule has 3 rings (SSSR count). The highest BCUT2D eigenvalue weighted by Gasteiger charge is 2.57.